The van der Waals surface area contributed by atoms with Crippen LogP contribution in [0, 0.1) is 13.8 Å². The van der Waals surface area contributed by atoms with E-state index in [1.54, 1.807) is 46.6 Å². The highest BCUT2D eigenvalue weighted by molar-refractivity contribution is 7.11. The van der Waals surface area contributed by atoms with Crippen LogP contribution in [0.1, 0.15) is 26.1 Å². The highest BCUT2D eigenvalue weighted by Gasteiger charge is 2.11. The lowest BCUT2D eigenvalue weighted by Crippen LogP contribution is -2.24. The fourth-order valence-electron chi connectivity index (χ4n) is 1.96. The number of hydrogen-bond acceptors (Lipinski definition) is 6. The normalized spacial score (nSPS) is 10.6. The number of carbonyl (C=O) groups excluding carboxylic acids is 1. The van der Waals surface area contributed by atoms with Crippen LogP contribution in [0.25, 0.3) is 5.82 Å². The lowest BCUT2D eigenvalue weighted by molar-refractivity contribution is 0.0945. The third kappa shape index (κ3) is 3.01. The van der Waals surface area contributed by atoms with E-state index in [9.17, 15) is 4.79 Å². The van der Waals surface area contributed by atoms with Gasteiger partial charge in [-0.2, -0.15) is 5.10 Å². The molecule has 0 saturated carbocycles. The number of nitrogens with one attached hydrogen (secondary N) is 1. The number of nitrogens with zero attached hydrogens (tertiary/aromatic N) is 5. The second-order valence-electron chi connectivity index (χ2n) is 4.65. The van der Waals surface area contributed by atoms with Gasteiger partial charge in [-0.25, -0.2) is 9.67 Å². The molecule has 0 aliphatic carbocycles. The fourth-order valence-corrected chi connectivity index (χ4v) is 2.84. The van der Waals surface area contributed by atoms with Gasteiger partial charge in [0.05, 0.1) is 17.2 Å². The van der Waals surface area contributed by atoms with Crippen LogP contribution in [0.3, 0.4) is 0 Å². The monoisotopic (exact) mass is 314 g/mol. The zero-order valence-electron chi connectivity index (χ0n) is 12.1. The second kappa shape index (κ2) is 6.02. The fraction of sp³-hybridized carbons (Fsp3) is 0.214. The minimum atomic E-state index is -0.259. The van der Waals surface area contributed by atoms with Gasteiger partial charge in [0.2, 0.25) is 0 Å². The van der Waals surface area contributed by atoms with E-state index in [1.807, 2.05) is 13.8 Å². The largest absolute Gasteiger partial charge is 0.346 e. The molecular formula is C14H14N6OS. The third-order valence-electron chi connectivity index (χ3n) is 3.03. The molecule has 22 heavy (non-hydrogen) atoms. The molecule has 7 nitrogen and oxygen atoms in total. The first-order valence-electron chi connectivity index (χ1n) is 6.68. The SMILES string of the molecule is Cc1nc(C)c(CNC(=O)c2ccc(-n3cccn3)nn2)s1. The summed E-state index contributed by atoms with van der Waals surface area (Å²) in [7, 11) is 0. The quantitative estimate of drug-likeness (QED) is 0.791. The molecule has 0 saturated heterocycles. The summed E-state index contributed by atoms with van der Waals surface area (Å²) in [5.74, 6) is 0.306. The average molecular weight is 314 g/mol. The molecule has 0 unspecified atom stereocenters. The molecule has 1 amide bonds. The molecule has 3 rings (SSSR count). The van der Waals surface area contributed by atoms with Crippen LogP contribution in [0.15, 0.2) is 30.6 Å². The number of aryl methyl sites for hydroxylation is 2. The summed E-state index contributed by atoms with van der Waals surface area (Å²) in [5.41, 5.74) is 1.22. The summed E-state index contributed by atoms with van der Waals surface area (Å²) in [6.45, 7) is 4.32. The molecule has 3 heterocycles. The van der Waals surface area contributed by atoms with Gasteiger partial charge in [0.1, 0.15) is 0 Å². The van der Waals surface area contributed by atoms with Gasteiger partial charge in [-0.15, -0.1) is 21.5 Å². The molecule has 0 aliphatic rings. The van der Waals surface area contributed by atoms with Crippen LogP contribution in [0.2, 0.25) is 0 Å². The smallest absolute Gasteiger partial charge is 0.272 e. The van der Waals surface area contributed by atoms with Crippen molar-refractivity contribution in [2.45, 2.75) is 20.4 Å². The van der Waals surface area contributed by atoms with Crippen molar-refractivity contribution < 1.29 is 4.79 Å². The minimum absolute atomic E-state index is 0.259. The van der Waals surface area contributed by atoms with Crippen molar-refractivity contribution >= 4 is 17.2 Å². The Morgan fingerprint density at radius 2 is 2.18 bits per heavy atom. The molecule has 0 spiro atoms. The first-order valence-corrected chi connectivity index (χ1v) is 7.50. The topological polar surface area (TPSA) is 85.6 Å². The van der Waals surface area contributed by atoms with Crippen LogP contribution in [-0.2, 0) is 6.54 Å². The highest BCUT2D eigenvalue weighted by Crippen LogP contribution is 2.16. The van der Waals surface area contributed by atoms with E-state index in [4.69, 9.17) is 0 Å². The van der Waals surface area contributed by atoms with Crippen LogP contribution in [0.5, 0.6) is 0 Å². The number of hydrogen-bond donors (Lipinski definition) is 1. The maximum absolute atomic E-state index is 12.1. The van der Waals surface area contributed by atoms with E-state index in [1.165, 1.54) is 0 Å². The van der Waals surface area contributed by atoms with Gasteiger partial charge < -0.3 is 5.32 Å². The van der Waals surface area contributed by atoms with E-state index < -0.39 is 0 Å². The number of rotatable bonds is 4. The molecular weight excluding hydrogens is 300 g/mol. The molecule has 8 heteroatoms. The molecule has 3 aromatic rings. The van der Waals surface area contributed by atoms with E-state index in [0.717, 1.165) is 15.6 Å². The predicted molar refractivity (Wildman–Crippen MR) is 81.9 cm³/mol. The van der Waals surface area contributed by atoms with Gasteiger partial charge in [-0.05, 0) is 32.0 Å². The van der Waals surface area contributed by atoms with Gasteiger partial charge in [0.25, 0.3) is 5.91 Å². The predicted octanol–water partition coefficient (Wildman–Crippen LogP) is 1.67. The van der Waals surface area contributed by atoms with Crippen molar-refractivity contribution in [1.29, 1.82) is 0 Å². The zero-order valence-corrected chi connectivity index (χ0v) is 13.0. The van der Waals surface area contributed by atoms with Gasteiger partial charge in [0, 0.05) is 17.3 Å². The molecule has 3 aromatic heterocycles. The van der Waals surface area contributed by atoms with Crippen LogP contribution in [-0.4, -0.2) is 30.9 Å². The molecule has 0 aliphatic heterocycles. The summed E-state index contributed by atoms with van der Waals surface area (Å²) in [5, 5.41) is 15.8. The van der Waals surface area contributed by atoms with E-state index in [0.29, 0.717) is 12.4 Å². The first kappa shape index (κ1) is 14.3. The third-order valence-corrected chi connectivity index (χ3v) is 4.10. The lowest BCUT2D eigenvalue weighted by Gasteiger charge is -2.04. The lowest BCUT2D eigenvalue weighted by atomic mass is 10.3. The molecule has 0 aromatic carbocycles. The summed E-state index contributed by atoms with van der Waals surface area (Å²) in [4.78, 5) is 17.5. The Morgan fingerprint density at radius 1 is 1.32 bits per heavy atom. The standard InChI is InChI=1S/C14H14N6OS/c1-9-12(22-10(2)17-9)8-15-14(21)11-4-5-13(19-18-11)20-7-3-6-16-20/h3-7H,8H2,1-2H3,(H,15,21). The second-order valence-corrected chi connectivity index (χ2v) is 5.94. The van der Waals surface area contributed by atoms with E-state index in [-0.39, 0.29) is 11.6 Å². The van der Waals surface area contributed by atoms with Crippen molar-refractivity contribution in [3.8, 4) is 5.82 Å². The van der Waals surface area contributed by atoms with Crippen molar-refractivity contribution in [3.63, 3.8) is 0 Å². The van der Waals surface area contributed by atoms with E-state index in [2.05, 4.69) is 25.6 Å². The van der Waals surface area contributed by atoms with Gasteiger partial charge in [-0.1, -0.05) is 0 Å². The number of amides is 1. The number of thiazole rings is 1. The summed E-state index contributed by atoms with van der Waals surface area (Å²) in [6.07, 6.45) is 3.42. The maximum Gasteiger partial charge on any atom is 0.272 e. The Kier molecular flexibility index (Phi) is 3.92. The van der Waals surface area contributed by atoms with Gasteiger partial charge in [-0.3, -0.25) is 4.79 Å². The Labute approximate surface area is 131 Å². The molecule has 0 fully saturated rings. The van der Waals surface area contributed by atoms with Gasteiger partial charge >= 0.3 is 0 Å². The summed E-state index contributed by atoms with van der Waals surface area (Å²) in [6, 6.07) is 5.13. The first-order chi connectivity index (χ1) is 10.6. The van der Waals surface area contributed by atoms with E-state index >= 15 is 0 Å². The van der Waals surface area contributed by atoms with Crippen molar-refractivity contribution in [2.24, 2.45) is 0 Å². The Balaban J connectivity index is 1.66. The van der Waals surface area contributed by atoms with Crippen LogP contribution in [0.4, 0.5) is 0 Å². The van der Waals surface area contributed by atoms with Crippen molar-refractivity contribution in [3.05, 3.63) is 51.9 Å². The number of aromatic nitrogens is 5. The van der Waals surface area contributed by atoms with Crippen molar-refractivity contribution in [1.82, 2.24) is 30.3 Å². The maximum atomic E-state index is 12.1. The molecule has 0 bridgehead atoms. The highest BCUT2D eigenvalue weighted by atomic mass is 32.1. The Morgan fingerprint density at radius 3 is 2.77 bits per heavy atom. The van der Waals surface area contributed by atoms with Crippen molar-refractivity contribution in [2.75, 3.05) is 0 Å². The minimum Gasteiger partial charge on any atom is -0.346 e. The summed E-state index contributed by atoms with van der Waals surface area (Å²) < 4.78 is 1.58. The van der Waals surface area contributed by atoms with Gasteiger partial charge in [0.15, 0.2) is 11.5 Å². The average Bonchev–Trinajstić information content (AvgIpc) is 3.15. The molecule has 0 radical (unpaired) electrons. The molecule has 112 valence electrons. The Hall–Kier alpha value is -2.61. The molecule has 1 N–H and O–H groups in total. The summed E-state index contributed by atoms with van der Waals surface area (Å²) >= 11 is 1.58. The van der Waals surface area contributed by atoms with Crippen LogP contribution >= 0.6 is 11.3 Å². The molecule has 0 atom stereocenters. The zero-order chi connectivity index (χ0) is 15.5. The Bertz CT molecular complexity index is 778. The van der Waals surface area contributed by atoms with Crippen LogP contribution < -0.4 is 5.32 Å². The number of carbonyl (C=O) groups is 1.